The van der Waals surface area contributed by atoms with E-state index in [1.807, 2.05) is 6.07 Å². The van der Waals surface area contributed by atoms with Crippen molar-refractivity contribution >= 4 is 66.4 Å². The van der Waals surface area contributed by atoms with Crippen molar-refractivity contribution in [1.29, 1.82) is 0 Å². The molecule has 0 spiro atoms. The molecule has 0 saturated carbocycles. The number of halogens is 5. The zero-order valence-corrected chi connectivity index (χ0v) is 13.7. The van der Waals surface area contributed by atoms with Gasteiger partial charge in [-0.1, -0.05) is 17.7 Å². The third-order valence-corrected chi connectivity index (χ3v) is 5.37. The first-order valence-electron chi connectivity index (χ1n) is 4.53. The van der Waals surface area contributed by atoms with E-state index in [0.29, 0.717) is 10.6 Å². The van der Waals surface area contributed by atoms with Gasteiger partial charge in [-0.2, -0.15) is 0 Å². The van der Waals surface area contributed by atoms with E-state index in [1.54, 1.807) is 6.07 Å². The first-order chi connectivity index (χ1) is 7.99. The first kappa shape index (κ1) is 13.8. The fraction of sp³-hybridized carbons (Fsp3) is 0.0909. The molecule has 1 unspecified atom stereocenters. The molecule has 0 amide bonds. The van der Waals surface area contributed by atoms with E-state index >= 15 is 0 Å². The minimum Gasteiger partial charge on any atom is -0.207 e. The second kappa shape index (κ2) is 5.57. The molecule has 1 aromatic carbocycles. The highest BCUT2D eigenvalue weighted by Gasteiger charge is 2.19. The smallest absolute Gasteiger partial charge is 0.124 e. The lowest BCUT2D eigenvalue weighted by Gasteiger charge is -2.11. The quantitative estimate of drug-likeness (QED) is 0.495. The largest absolute Gasteiger partial charge is 0.207 e. The van der Waals surface area contributed by atoms with Gasteiger partial charge in [-0.25, -0.2) is 4.39 Å². The van der Waals surface area contributed by atoms with Crippen LogP contribution in [-0.4, -0.2) is 0 Å². The predicted octanol–water partition coefficient (Wildman–Crippen LogP) is 6.39. The lowest BCUT2D eigenvalue weighted by atomic mass is 10.1. The van der Waals surface area contributed by atoms with Crippen LogP contribution in [0.5, 0.6) is 0 Å². The summed E-state index contributed by atoms with van der Waals surface area (Å²) in [4.78, 5) is 0. The molecule has 0 aliphatic heterocycles. The highest BCUT2D eigenvalue weighted by molar-refractivity contribution is 9.12. The van der Waals surface area contributed by atoms with Gasteiger partial charge in [0.05, 0.1) is 12.9 Å². The summed E-state index contributed by atoms with van der Waals surface area (Å²) in [5.74, 6) is -0.367. The lowest BCUT2D eigenvalue weighted by molar-refractivity contribution is 0.627. The molecule has 1 atom stereocenters. The maximum atomic E-state index is 13.0. The van der Waals surface area contributed by atoms with Gasteiger partial charge in [0.1, 0.15) is 5.82 Å². The molecule has 0 N–H and O–H groups in total. The Kier molecular flexibility index (Phi) is 4.53. The molecule has 17 heavy (non-hydrogen) atoms. The second-order valence-corrected chi connectivity index (χ2v) is 7.90. The van der Waals surface area contributed by atoms with E-state index in [0.717, 1.165) is 13.1 Å². The molecular weight excluding hydrogens is 414 g/mol. The van der Waals surface area contributed by atoms with Crippen LogP contribution in [0.2, 0.25) is 5.02 Å². The van der Waals surface area contributed by atoms with Gasteiger partial charge in [0.25, 0.3) is 0 Å². The van der Waals surface area contributed by atoms with Crippen LogP contribution in [0.1, 0.15) is 16.5 Å². The summed E-state index contributed by atoms with van der Waals surface area (Å²) in [6.07, 6.45) is 0. The van der Waals surface area contributed by atoms with Crippen molar-refractivity contribution in [3.05, 3.63) is 53.8 Å². The summed E-state index contributed by atoms with van der Waals surface area (Å²) >= 11 is 20.7. The van der Waals surface area contributed by atoms with Crippen LogP contribution in [0.4, 0.5) is 4.39 Å². The van der Waals surface area contributed by atoms with Crippen molar-refractivity contribution < 1.29 is 4.39 Å². The van der Waals surface area contributed by atoms with Crippen molar-refractivity contribution in [2.75, 3.05) is 0 Å². The van der Waals surface area contributed by atoms with Gasteiger partial charge in [-0.05, 0) is 55.6 Å². The zero-order valence-electron chi connectivity index (χ0n) is 8.18. The summed E-state index contributed by atoms with van der Waals surface area (Å²) in [6.45, 7) is 0. The van der Waals surface area contributed by atoms with E-state index in [9.17, 15) is 4.39 Å². The molecular formula is C11H5Br2Cl2FS. The maximum Gasteiger partial charge on any atom is 0.124 e. The molecule has 0 radical (unpaired) electrons. The molecule has 90 valence electrons. The van der Waals surface area contributed by atoms with Crippen LogP contribution in [0.25, 0.3) is 0 Å². The summed E-state index contributed by atoms with van der Waals surface area (Å²) in [6, 6.07) is 6.15. The Morgan fingerprint density at radius 1 is 1.18 bits per heavy atom. The van der Waals surface area contributed by atoms with Crippen LogP contribution in [0.3, 0.4) is 0 Å². The van der Waals surface area contributed by atoms with Crippen LogP contribution >= 0.6 is 66.4 Å². The topological polar surface area (TPSA) is 0 Å². The van der Waals surface area contributed by atoms with E-state index in [4.69, 9.17) is 23.2 Å². The molecule has 2 rings (SSSR count). The van der Waals surface area contributed by atoms with Crippen molar-refractivity contribution in [3.63, 3.8) is 0 Å². The number of hydrogen-bond acceptors (Lipinski definition) is 1. The van der Waals surface area contributed by atoms with Crippen molar-refractivity contribution in [2.45, 2.75) is 5.38 Å². The summed E-state index contributed by atoms with van der Waals surface area (Å²) in [7, 11) is 0. The molecule has 6 heteroatoms. The van der Waals surface area contributed by atoms with E-state index in [-0.39, 0.29) is 5.82 Å². The monoisotopic (exact) mass is 416 g/mol. The molecule has 0 bridgehead atoms. The Hall–Kier alpha value is 0.390. The van der Waals surface area contributed by atoms with Gasteiger partial charge in [0.15, 0.2) is 0 Å². The number of rotatable bonds is 2. The third kappa shape index (κ3) is 3.04. The average Bonchev–Trinajstić information content (AvgIpc) is 2.57. The molecule has 2 aromatic rings. The van der Waals surface area contributed by atoms with E-state index in [1.165, 1.54) is 23.5 Å². The Morgan fingerprint density at radius 2 is 1.88 bits per heavy atom. The second-order valence-electron chi connectivity index (χ2n) is 3.31. The Morgan fingerprint density at radius 3 is 2.41 bits per heavy atom. The van der Waals surface area contributed by atoms with Crippen molar-refractivity contribution in [1.82, 2.24) is 0 Å². The predicted molar refractivity (Wildman–Crippen MR) is 78.8 cm³/mol. The summed E-state index contributed by atoms with van der Waals surface area (Å²) in [5.41, 5.74) is 1.61. The molecule has 1 heterocycles. The van der Waals surface area contributed by atoms with Gasteiger partial charge in [0, 0.05) is 10.6 Å². The van der Waals surface area contributed by atoms with Gasteiger partial charge in [0.2, 0.25) is 0 Å². The normalized spacial score (nSPS) is 12.8. The first-order valence-corrected chi connectivity index (χ1v) is 7.74. The summed E-state index contributed by atoms with van der Waals surface area (Å²) < 4.78 is 14.9. The Balaban J connectivity index is 2.43. The average molecular weight is 419 g/mol. The fourth-order valence-electron chi connectivity index (χ4n) is 1.40. The van der Waals surface area contributed by atoms with Gasteiger partial charge in [-0.15, -0.1) is 22.9 Å². The molecule has 1 aromatic heterocycles. The fourth-order valence-corrected chi connectivity index (χ4v) is 5.19. The van der Waals surface area contributed by atoms with Crippen molar-refractivity contribution in [3.8, 4) is 0 Å². The highest BCUT2D eigenvalue weighted by Crippen LogP contribution is 2.42. The minimum atomic E-state index is -0.403. The zero-order chi connectivity index (χ0) is 12.6. The Labute approximate surface area is 129 Å². The SMILES string of the molecule is Fc1ccc(C(Cl)c2cc(Br)sc2Br)c(Cl)c1. The van der Waals surface area contributed by atoms with Crippen LogP contribution in [0.15, 0.2) is 31.8 Å². The van der Waals surface area contributed by atoms with Crippen LogP contribution in [0, 0.1) is 5.82 Å². The maximum absolute atomic E-state index is 13.0. The molecule has 0 aliphatic carbocycles. The third-order valence-electron chi connectivity index (χ3n) is 2.19. The van der Waals surface area contributed by atoms with Gasteiger partial charge < -0.3 is 0 Å². The number of hydrogen-bond donors (Lipinski definition) is 0. The number of thiophene rings is 1. The van der Waals surface area contributed by atoms with Crippen molar-refractivity contribution in [2.24, 2.45) is 0 Å². The minimum absolute atomic E-state index is 0.333. The highest BCUT2D eigenvalue weighted by atomic mass is 79.9. The lowest BCUT2D eigenvalue weighted by Crippen LogP contribution is -1.94. The standard InChI is InChI=1S/C11H5Br2Cl2FS/c12-9-4-7(11(13)17-9)10(15)6-2-1-5(16)3-8(6)14/h1-4,10H. The van der Waals surface area contributed by atoms with Crippen LogP contribution < -0.4 is 0 Å². The van der Waals surface area contributed by atoms with Gasteiger partial charge in [-0.3, -0.25) is 0 Å². The molecule has 0 fully saturated rings. The number of alkyl halides is 1. The van der Waals surface area contributed by atoms with E-state index < -0.39 is 5.38 Å². The number of benzene rings is 1. The van der Waals surface area contributed by atoms with Crippen LogP contribution in [-0.2, 0) is 0 Å². The van der Waals surface area contributed by atoms with E-state index in [2.05, 4.69) is 31.9 Å². The molecule has 0 nitrogen and oxygen atoms in total. The molecule has 0 aliphatic rings. The molecule has 0 saturated heterocycles. The van der Waals surface area contributed by atoms with Gasteiger partial charge >= 0.3 is 0 Å². The summed E-state index contributed by atoms with van der Waals surface area (Å²) in [5, 5.41) is -0.0701. The Bertz CT molecular complexity index is 556.